The van der Waals surface area contributed by atoms with E-state index < -0.39 is 0 Å². The first-order valence-corrected chi connectivity index (χ1v) is 7.06. The fraction of sp³-hybridized carbons (Fsp3) is 0.286. The van der Waals surface area contributed by atoms with Gasteiger partial charge in [0.2, 0.25) is 6.79 Å². The molecular formula is C14H13NO4S. The zero-order valence-corrected chi connectivity index (χ0v) is 11.7. The van der Waals surface area contributed by atoms with Gasteiger partial charge in [-0.3, -0.25) is 4.79 Å². The second-order valence-corrected chi connectivity index (χ2v) is 5.26. The summed E-state index contributed by atoms with van der Waals surface area (Å²) in [4.78, 5) is 16.5. The number of hydrogen-bond donors (Lipinski definition) is 0. The Kier molecular flexibility index (Phi) is 3.56. The largest absolute Gasteiger partial charge is 0.492 e. The van der Waals surface area contributed by atoms with Gasteiger partial charge in [-0.05, 0) is 13.0 Å². The van der Waals surface area contributed by atoms with Gasteiger partial charge in [-0.1, -0.05) is 0 Å². The molecule has 0 atom stereocenters. The summed E-state index contributed by atoms with van der Waals surface area (Å²) in [7, 11) is 0. The van der Waals surface area contributed by atoms with E-state index >= 15 is 0 Å². The van der Waals surface area contributed by atoms with Crippen molar-refractivity contribution >= 4 is 17.6 Å². The molecule has 0 saturated heterocycles. The van der Waals surface area contributed by atoms with Gasteiger partial charge in [-0.15, -0.1) is 11.3 Å². The van der Waals surface area contributed by atoms with E-state index in [9.17, 15) is 4.79 Å². The molecule has 0 unspecified atom stereocenters. The number of aryl methyl sites for hydroxylation is 1. The molecule has 0 aliphatic carbocycles. The summed E-state index contributed by atoms with van der Waals surface area (Å²) < 4.78 is 16.2. The second kappa shape index (κ2) is 5.50. The average molecular weight is 291 g/mol. The predicted molar refractivity (Wildman–Crippen MR) is 74.0 cm³/mol. The van der Waals surface area contributed by atoms with Gasteiger partial charge in [-0.25, -0.2) is 4.98 Å². The highest BCUT2D eigenvalue weighted by Gasteiger charge is 2.17. The van der Waals surface area contributed by atoms with Gasteiger partial charge in [0.25, 0.3) is 0 Å². The first-order valence-electron chi connectivity index (χ1n) is 6.18. The second-order valence-electron chi connectivity index (χ2n) is 4.32. The van der Waals surface area contributed by atoms with Crippen LogP contribution in [0, 0.1) is 6.92 Å². The molecule has 1 aliphatic rings. The van der Waals surface area contributed by atoms with Crippen LogP contribution in [-0.4, -0.2) is 24.7 Å². The standard InChI is InChI=1S/C14H13NO4S/c1-9-14(20-7-15-9)2-3-17-11-5-13-12(18-8-19-13)4-10(11)6-16/h4-7H,2-3,8H2,1H3. The first-order chi connectivity index (χ1) is 9.78. The third kappa shape index (κ3) is 2.46. The number of fused-ring (bicyclic) bond motifs is 1. The number of nitrogens with zero attached hydrogens (tertiary/aromatic N) is 1. The molecule has 20 heavy (non-hydrogen) atoms. The number of aromatic nitrogens is 1. The van der Waals surface area contributed by atoms with E-state index in [4.69, 9.17) is 14.2 Å². The van der Waals surface area contributed by atoms with E-state index in [0.29, 0.717) is 29.4 Å². The average Bonchev–Trinajstić information content (AvgIpc) is 3.06. The van der Waals surface area contributed by atoms with Gasteiger partial charge < -0.3 is 14.2 Å². The predicted octanol–water partition coefficient (Wildman–Crippen LogP) is 2.61. The van der Waals surface area contributed by atoms with Crippen LogP contribution in [0.5, 0.6) is 17.2 Å². The Bertz CT molecular complexity index is 638. The van der Waals surface area contributed by atoms with E-state index in [-0.39, 0.29) is 6.79 Å². The van der Waals surface area contributed by atoms with Crippen molar-refractivity contribution in [3.63, 3.8) is 0 Å². The Morgan fingerprint density at radius 2 is 2.20 bits per heavy atom. The van der Waals surface area contributed by atoms with E-state index in [1.807, 2.05) is 12.4 Å². The van der Waals surface area contributed by atoms with Crippen LogP contribution in [0.25, 0.3) is 0 Å². The van der Waals surface area contributed by atoms with Crippen LogP contribution in [0.3, 0.4) is 0 Å². The molecule has 1 aromatic carbocycles. The zero-order chi connectivity index (χ0) is 13.9. The fourth-order valence-corrected chi connectivity index (χ4v) is 2.74. The van der Waals surface area contributed by atoms with Gasteiger partial charge in [0, 0.05) is 17.4 Å². The third-order valence-corrected chi connectivity index (χ3v) is 4.06. The van der Waals surface area contributed by atoms with Gasteiger partial charge in [0.1, 0.15) is 5.75 Å². The monoisotopic (exact) mass is 291 g/mol. The molecule has 0 saturated carbocycles. The first kappa shape index (κ1) is 12.9. The lowest BCUT2D eigenvalue weighted by atomic mass is 10.2. The molecule has 0 bridgehead atoms. The van der Waals surface area contributed by atoms with Crippen LogP contribution in [-0.2, 0) is 6.42 Å². The maximum absolute atomic E-state index is 11.1. The molecule has 1 aliphatic heterocycles. The molecule has 0 spiro atoms. The number of carbonyl (C=O) groups is 1. The molecule has 1 aromatic heterocycles. The van der Waals surface area contributed by atoms with Gasteiger partial charge in [0.15, 0.2) is 17.8 Å². The Morgan fingerprint density at radius 1 is 1.40 bits per heavy atom. The van der Waals surface area contributed by atoms with E-state index in [0.717, 1.165) is 18.4 Å². The van der Waals surface area contributed by atoms with Gasteiger partial charge in [0.05, 0.1) is 23.4 Å². The number of ether oxygens (including phenoxy) is 3. The third-order valence-electron chi connectivity index (χ3n) is 3.06. The normalized spacial score (nSPS) is 12.4. The molecule has 5 nitrogen and oxygen atoms in total. The molecule has 0 N–H and O–H groups in total. The maximum Gasteiger partial charge on any atom is 0.231 e. The van der Waals surface area contributed by atoms with Gasteiger partial charge in [-0.2, -0.15) is 0 Å². The minimum absolute atomic E-state index is 0.178. The van der Waals surface area contributed by atoms with Crippen LogP contribution in [0.15, 0.2) is 17.6 Å². The topological polar surface area (TPSA) is 57.7 Å². The molecule has 2 heterocycles. The molecule has 0 fully saturated rings. The molecule has 0 radical (unpaired) electrons. The van der Waals surface area contributed by atoms with Crippen molar-refractivity contribution in [1.29, 1.82) is 0 Å². The maximum atomic E-state index is 11.1. The Morgan fingerprint density at radius 3 is 2.90 bits per heavy atom. The summed E-state index contributed by atoms with van der Waals surface area (Å²) in [6, 6.07) is 3.34. The molecular weight excluding hydrogens is 278 g/mol. The molecule has 6 heteroatoms. The Hall–Kier alpha value is -2.08. The van der Waals surface area contributed by atoms with Crippen molar-refractivity contribution in [1.82, 2.24) is 4.98 Å². The van der Waals surface area contributed by atoms with E-state index in [1.165, 1.54) is 4.88 Å². The summed E-state index contributed by atoms with van der Waals surface area (Å²) in [6.07, 6.45) is 1.53. The molecule has 2 aromatic rings. The van der Waals surface area contributed by atoms with Crippen LogP contribution in [0.2, 0.25) is 0 Å². The number of benzene rings is 1. The van der Waals surface area contributed by atoms with Crippen molar-refractivity contribution in [2.75, 3.05) is 13.4 Å². The summed E-state index contributed by atoms with van der Waals surface area (Å²) in [6.45, 7) is 2.64. The van der Waals surface area contributed by atoms with Crippen molar-refractivity contribution < 1.29 is 19.0 Å². The van der Waals surface area contributed by atoms with E-state index in [2.05, 4.69) is 4.98 Å². The van der Waals surface area contributed by atoms with Crippen LogP contribution in [0.1, 0.15) is 20.9 Å². The van der Waals surface area contributed by atoms with Crippen LogP contribution in [0.4, 0.5) is 0 Å². The quantitative estimate of drug-likeness (QED) is 0.793. The molecule has 0 amide bonds. The molecule has 104 valence electrons. The van der Waals surface area contributed by atoms with Crippen molar-refractivity contribution in [2.24, 2.45) is 0 Å². The van der Waals surface area contributed by atoms with Crippen LogP contribution < -0.4 is 14.2 Å². The minimum Gasteiger partial charge on any atom is -0.492 e. The van der Waals surface area contributed by atoms with Crippen molar-refractivity contribution in [3.05, 3.63) is 33.8 Å². The number of aldehydes is 1. The number of carbonyl (C=O) groups excluding carboxylic acids is 1. The smallest absolute Gasteiger partial charge is 0.231 e. The lowest BCUT2D eigenvalue weighted by molar-refractivity contribution is 0.111. The highest BCUT2D eigenvalue weighted by Crippen LogP contribution is 2.37. The van der Waals surface area contributed by atoms with Crippen LogP contribution >= 0.6 is 11.3 Å². The van der Waals surface area contributed by atoms with Crippen molar-refractivity contribution in [2.45, 2.75) is 13.3 Å². The number of hydrogen-bond acceptors (Lipinski definition) is 6. The summed E-state index contributed by atoms with van der Waals surface area (Å²) >= 11 is 1.61. The Balaban J connectivity index is 1.71. The van der Waals surface area contributed by atoms with Crippen molar-refractivity contribution in [3.8, 4) is 17.2 Å². The van der Waals surface area contributed by atoms with Gasteiger partial charge >= 0.3 is 0 Å². The summed E-state index contributed by atoms with van der Waals surface area (Å²) in [5.41, 5.74) is 3.32. The number of rotatable bonds is 5. The lowest BCUT2D eigenvalue weighted by Crippen LogP contribution is -2.03. The zero-order valence-electron chi connectivity index (χ0n) is 10.9. The summed E-state index contributed by atoms with van der Waals surface area (Å²) in [5, 5.41) is 0. The SMILES string of the molecule is Cc1ncsc1CCOc1cc2c(cc1C=O)OCO2. The Labute approximate surface area is 120 Å². The number of thiazole rings is 1. The highest BCUT2D eigenvalue weighted by atomic mass is 32.1. The highest BCUT2D eigenvalue weighted by molar-refractivity contribution is 7.09. The lowest BCUT2D eigenvalue weighted by Gasteiger charge is -2.09. The minimum atomic E-state index is 0.178. The summed E-state index contributed by atoms with van der Waals surface area (Å²) in [5.74, 6) is 1.71. The molecule has 3 rings (SSSR count). The van der Waals surface area contributed by atoms with E-state index in [1.54, 1.807) is 23.5 Å². The fourth-order valence-electron chi connectivity index (χ4n) is 1.98.